The molecule has 0 unspecified atom stereocenters. The molecule has 0 saturated carbocycles. The van der Waals surface area contributed by atoms with Gasteiger partial charge in [0.15, 0.2) is 6.10 Å². The van der Waals surface area contributed by atoms with Crippen LogP contribution in [0.3, 0.4) is 0 Å². The van der Waals surface area contributed by atoms with E-state index >= 15 is 0 Å². The van der Waals surface area contributed by atoms with Gasteiger partial charge in [-0.05, 0) is 5.56 Å². The molecule has 3 nitrogen and oxygen atoms in total. The monoisotopic (exact) mass is 288 g/mol. The summed E-state index contributed by atoms with van der Waals surface area (Å²) in [6, 6.07) is 10.00. The Morgan fingerprint density at radius 2 is 1.55 bits per heavy atom. The summed E-state index contributed by atoms with van der Waals surface area (Å²) in [4.78, 5) is 3.88. The molecule has 1 heterocycles. The molecule has 2 rings (SSSR count). The number of halogens is 3. The summed E-state index contributed by atoms with van der Waals surface area (Å²) in [6.07, 6.45) is -6.77. The van der Waals surface area contributed by atoms with Crippen molar-refractivity contribution in [3.05, 3.63) is 35.9 Å². The van der Waals surface area contributed by atoms with E-state index in [0.29, 0.717) is 13.1 Å². The van der Waals surface area contributed by atoms with Crippen LogP contribution in [0.5, 0.6) is 0 Å². The number of benzene rings is 1. The SMILES string of the molecule is O[C@H](CN1CCN(Cc2ccccc2)CC1)C(F)(F)F. The van der Waals surface area contributed by atoms with Crippen molar-refractivity contribution in [3.8, 4) is 0 Å². The van der Waals surface area contributed by atoms with Gasteiger partial charge >= 0.3 is 6.18 Å². The Labute approximate surface area is 116 Å². The van der Waals surface area contributed by atoms with Crippen LogP contribution in [-0.2, 0) is 6.54 Å². The Balaban J connectivity index is 1.75. The second-order valence-electron chi connectivity index (χ2n) is 5.12. The Kier molecular flexibility index (Phi) is 5.01. The number of β-amino-alcohol motifs (C(OH)–C–C–N with tert-alkyl or cyclic N) is 1. The minimum atomic E-state index is -4.53. The molecule has 0 bridgehead atoms. The molecule has 1 fully saturated rings. The number of alkyl halides is 3. The lowest BCUT2D eigenvalue weighted by molar-refractivity contribution is -0.209. The highest BCUT2D eigenvalue weighted by Crippen LogP contribution is 2.21. The number of aliphatic hydroxyl groups is 1. The maximum atomic E-state index is 12.3. The number of aliphatic hydroxyl groups excluding tert-OH is 1. The largest absolute Gasteiger partial charge is 0.415 e. The minimum absolute atomic E-state index is 0.331. The molecule has 20 heavy (non-hydrogen) atoms. The van der Waals surface area contributed by atoms with Crippen LogP contribution in [0.4, 0.5) is 13.2 Å². The predicted molar refractivity (Wildman–Crippen MR) is 70.2 cm³/mol. The predicted octanol–water partition coefficient (Wildman–Crippen LogP) is 1.73. The lowest BCUT2D eigenvalue weighted by Gasteiger charge is -2.35. The first-order valence-electron chi connectivity index (χ1n) is 6.68. The van der Waals surface area contributed by atoms with Crippen molar-refractivity contribution in [2.45, 2.75) is 18.8 Å². The van der Waals surface area contributed by atoms with Gasteiger partial charge in [0.25, 0.3) is 0 Å². The molecule has 1 aliphatic rings. The average molecular weight is 288 g/mol. The highest BCUT2D eigenvalue weighted by Gasteiger charge is 2.39. The van der Waals surface area contributed by atoms with Gasteiger partial charge in [0.05, 0.1) is 0 Å². The summed E-state index contributed by atoms with van der Waals surface area (Å²) in [7, 11) is 0. The average Bonchev–Trinajstić information content (AvgIpc) is 2.41. The van der Waals surface area contributed by atoms with Crippen LogP contribution in [0.25, 0.3) is 0 Å². The van der Waals surface area contributed by atoms with E-state index in [9.17, 15) is 13.2 Å². The molecule has 0 aliphatic carbocycles. The van der Waals surface area contributed by atoms with Crippen molar-refractivity contribution < 1.29 is 18.3 Å². The van der Waals surface area contributed by atoms with Gasteiger partial charge in [-0.1, -0.05) is 30.3 Å². The molecule has 1 saturated heterocycles. The van der Waals surface area contributed by atoms with Gasteiger partial charge in [0, 0.05) is 39.3 Å². The van der Waals surface area contributed by atoms with Crippen molar-refractivity contribution in [2.75, 3.05) is 32.7 Å². The van der Waals surface area contributed by atoms with E-state index in [1.165, 1.54) is 5.56 Å². The summed E-state index contributed by atoms with van der Waals surface area (Å²) in [5, 5.41) is 9.06. The Morgan fingerprint density at radius 3 is 2.10 bits per heavy atom. The third kappa shape index (κ3) is 4.47. The molecule has 112 valence electrons. The van der Waals surface area contributed by atoms with Crippen LogP contribution in [0.15, 0.2) is 30.3 Å². The zero-order valence-corrected chi connectivity index (χ0v) is 11.2. The molecule has 1 N–H and O–H groups in total. The van der Waals surface area contributed by atoms with E-state index in [1.807, 2.05) is 30.3 Å². The van der Waals surface area contributed by atoms with E-state index in [4.69, 9.17) is 5.11 Å². The number of rotatable bonds is 4. The van der Waals surface area contributed by atoms with E-state index in [0.717, 1.165) is 19.6 Å². The molecule has 0 spiro atoms. The topological polar surface area (TPSA) is 26.7 Å². The normalized spacial score (nSPS) is 20.0. The number of nitrogens with zero attached hydrogens (tertiary/aromatic N) is 2. The van der Waals surface area contributed by atoms with Crippen LogP contribution in [-0.4, -0.2) is 59.9 Å². The molecule has 0 aromatic heterocycles. The van der Waals surface area contributed by atoms with Crippen molar-refractivity contribution >= 4 is 0 Å². The van der Waals surface area contributed by atoms with Gasteiger partial charge in [-0.3, -0.25) is 9.80 Å². The zero-order chi connectivity index (χ0) is 14.6. The van der Waals surface area contributed by atoms with E-state index in [1.54, 1.807) is 4.90 Å². The molecule has 0 amide bonds. The summed E-state index contributed by atoms with van der Waals surface area (Å²) in [6.45, 7) is 3.04. The van der Waals surface area contributed by atoms with Crippen molar-refractivity contribution in [1.82, 2.24) is 9.80 Å². The van der Waals surface area contributed by atoms with Gasteiger partial charge in [-0.2, -0.15) is 13.2 Å². The summed E-state index contributed by atoms with van der Waals surface area (Å²) in [5.41, 5.74) is 1.20. The maximum Gasteiger partial charge on any atom is 0.415 e. The third-order valence-corrected chi connectivity index (χ3v) is 3.52. The molecular formula is C14H19F3N2O. The molecule has 0 radical (unpaired) electrons. The zero-order valence-electron chi connectivity index (χ0n) is 11.2. The van der Waals surface area contributed by atoms with E-state index < -0.39 is 12.3 Å². The second-order valence-corrected chi connectivity index (χ2v) is 5.12. The van der Waals surface area contributed by atoms with Gasteiger partial charge in [-0.25, -0.2) is 0 Å². The van der Waals surface area contributed by atoms with E-state index in [-0.39, 0.29) is 6.54 Å². The lowest BCUT2D eigenvalue weighted by atomic mass is 10.2. The Hall–Kier alpha value is -1.11. The van der Waals surface area contributed by atoms with Crippen LogP contribution in [0.2, 0.25) is 0 Å². The number of hydrogen-bond donors (Lipinski definition) is 1. The molecule has 1 aromatic carbocycles. The van der Waals surface area contributed by atoms with E-state index in [2.05, 4.69) is 4.90 Å². The smallest absolute Gasteiger partial charge is 0.382 e. The molecular weight excluding hydrogens is 269 g/mol. The first kappa shape index (κ1) is 15.3. The maximum absolute atomic E-state index is 12.3. The Bertz CT molecular complexity index is 403. The molecule has 1 aromatic rings. The standard InChI is InChI=1S/C14H19F3N2O/c15-14(16,17)13(20)11-19-8-6-18(7-9-19)10-12-4-2-1-3-5-12/h1-5,13,20H,6-11H2/t13-/m1/s1. The van der Waals surface area contributed by atoms with Gasteiger partial charge in [-0.15, -0.1) is 0 Å². The van der Waals surface area contributed by atoms with Gasteiger partial charge < -0.3 is 5.11 Å². The number of hydrogen-bond acceptors (Lipinski definition) is 3. The van der Waals surface area contributed by atoms with Gasteiger partial charge in [0.2, 0.25) is 0 Å². The van der Waals surface area contributed by atoms with Crippen LogP contribution in [0.1, 0.15) is 5.56 Å². The summed E-state index contributed by atoms with van der Waals surface area (Å²) in [5.74, 6) is 0. The van der Waals surface area contributed by atoms with Crippen LogP contribution < -0.4 is 0 Å². The molecule has 6 heteroatoms. The summed E-state index contributed by atoms with van der Waals surface area (Å²) < 4.78 is 36.8. The fourth-order valence-electron chi connectivity index (χ4n) is 2.32. The fourth-order valence-corrected chi connectivity index (χ4v) is 2.32. The highest BCUT2D eigenvalue weighted by molar-refractivity contribution is 5.14. The van der Waals surface area contributed by atoms with Crippen LogP contribution in [0, 0.1) is 0 Å². The Morgan fingerprint density at radius 1 is 1.00 bits per heavy atom. The first-order chi connectivity index (χ1) is 9.45. The van der Waals surface area contributed by atoms with Crippen molar-refractivity contribution in [2.24, 2.45) is 0 Å². The van der Waals surface area contributed by atoms with Crippen molar-refractivity contribution in [3.63, 3.8) is 0 Å². The first-order valence-corrected chi connectivity index (χ1v) is 6.68. The molecule has 1 aliphatic heterocycles. The number of piperazine rings is 1. The van der Waals surface area contributed by atoms with Crippen LogP contribution >= 0.6 is 0 Å². The lowest BCUT2D eigenvalue weighted by Crippen LogP contribution is -2.50. The fraction of sp³-hybridized carbons (Fsp3) is 0.571. The van der Waals surface area contributed by atoms with Gasteiger partial charge in [0.1, 0.15) is 0 Å². The second kappa shape index (κ2) is 6.56. The summed E-state index contributed by atoms with van der Waals surface area (Å²) >= 11 is 0. The van der Waals surface area contributed by atoms with Crippen molar-refractivity contribution in [1.29, 1.82) is 0 Å². The molecule has 1 atom stereocenters. The third-order valence-electron chi connectivity index (χ3n) is 3.52. The highest BCUT2D eigenvalue weighted by atomic mass is 19.4. The quantitative estimate of drug-likeness (QED) is 0.914. The minimum Gasteiger partial charge on any atom is -0.382 e.